The van der Waals surface area contributed by atoms with Gasteiger partial charge >= 0.3 is 0 Å². The third-order valence-corrected chi connectivity index (χ3v) is 4.36. The van der Waals surface area contributed by atoms with Crippen molar-refractivity contribution in [2.24, 2.45) is 0 Å². The largest absolute Gasteiger partial charge is 0.0622 e. The molecule has 1 aliphatic carbocycles. The molecule has 0 unspecified atom stereocenters. The molecular weight excluding hydrogens is 216 g/mol. The van der Waals surface area contributed by atoms with Crippen LogP contribution in [0.15, 0.2) is 60.7 Å². The van der Waals surface area contributed by atoms with Gasteiger partial charge in [0.25, 0.3) is 0 Å². The van der Waals surface area contributed by atoms with Gasteiger partial charge in [-0.2, -0.15) is 0 Å². The van der Waals surface area contributed by atoms with E-state index in [1.165, 1.54) is 43.2 Å². The normalized spacial score (nSPS) is 18.4. The van der Waals surface area contributed by atoms with E-state index in [1.807, 2.05) is 0 Å². The molecule has 1 aliphatic rings. The van der Waals surface area contributed by atoms with Gasteiger partial charge in [0.2, 0.25) is 0 Å². The molecule has 0 saturated heterocycles. The van der Waals surface area contributed by atoms with Gasteiger partial charge in [-0.15, -0.1) is 0 Å². The van der Waals surface area contributed by atoms with Crippen molar-refractivity contribution in [2.75, 3.05) is 0 Å². The molecule has 0 amide bonds. The van der Waals surface area contributed by atoms with Crippen LogP contribution in [-0.4, -0.2) is 0 Å². The fraction of sp³-hybridized carbons (Fsp3) is 0.333. The van der Waals surface area contributed by atoms with Crippen molar-refractivity contribution in [3.8, 4) is 0 Å². The molecule has 2 aromatic rings. The van der Waals surface area contributed by atoms with E-state index < -0.39 is 0 Å². The SMILES string of the molecule is c1ccc(C2(c3ccccc3)CCCCC2)cc1. The summed E-state index contributed by atoms with van der Waals surface area (Å²) in [6.45, 7) is 0. The maximum absolute atomic E-state index is 2.30. The Morgan fingerprint density at radius 2 is 1.00 bits per heavy atom. The van der Waals surface area contributed by atoms with Gasteiger partial charge in [0.1, 0.15) is 0 Å². The summed E-state index contributed by atoms with van der Waals surface area (Å²) in [6, 6.07) is 22.1. The van der Waals surface area contributed by atoms with Gasteiger partial charge in [0, 0.05) is 5.41 Å². The summed E-state index contributed by atoms with van der Waals surface area (Å²) in [5.74, 6) is 0. The second-order valence-corrected chi connectivity index (χ2v) is 5.37. The first-order valence-corrected chi connectivity index (χ1v) is 7.03. The standard InChI is InChI=1S/C18H20/c1-4-10-16(11-5-1)18(14-8-3-9-15-18)17-12-6-2-7-13-17/h1-2,4-7,10-13H,3,8-9,14-15H2. The molecule has 0 atom stereocenters. The fourth-order valence-corrected chi connectivity index (χ4v) is 3.41. The highest BCUT2D eigenvalue weighted by Gasteiger charge is 2.35. The van der Waals surface area contributed by atoms with Crippen molar-refractivity contribution in [1.82, 2.24) is 0 Å². The van der Waals surface area contributed by atoms with Gasteiger partial charge < -0.3 is 0 Å². The lowest BCUT2D eigenvalue weighted by Gasteiger charge is -2.38. The molecule has 3 rings (SSSR count). The highest BCUT2D eigenvalue weighted by molar-refractivity contribution is 5.39. The van der Waals surface area contributed by atoms with Gasteiger partial charge in [-0.25, -0.2) is 0 Å². The molecule has 0 heterocycles. The Labute approximate surface area is 110 Å². The lowest BCUT2D eigenvalue weighted by atomic mass is 9.65. The van der Waals surface area contributed by atoms with Crippen molar-refractivity contribution < 1.29 is 0 Å². The summed E-state index contributed by atoms with van der Waals surface area (Å²) >= 11 is 0. The Bertz CT molecular complexity index is 436. The average molecular weight is 236 g/mol. The van der Waals surface area contributed by atoms with E-state index in [0.29, 0.717) is 0 Å². The van der Waals surface area contributed by atoms with E-state index >= 15 is 0 Å². The van der Waals surface area contributed by atoms with Crippen molar-refractivity contribution in [3.05, 3.63) is 71.8 Å². The summed E-state index contributed by atoms with van der Waals surface area (Å²) in [6.07, 6.45) is 6.68. The van der Waals surface area contributed by atoms with Crippen LogP contribution in [0.1, 0.15) is 43.2 Å². The van der Waals surface area contributed by atoms with Crippen LogP contribution in [0.25, 0.3) is 0 Å². The highest BCUT2D eigenvalue weighted by Crippen LogP contribution is 2.44. The molecule has 18 heavy (non-hydrogen) atoms. The first-order chi connectivity index (χ1) is 8.92. The lowest BCUT2D eigenvalue weighted by molar-refractivity contribution is 0.346. The lowest BCUT2D eigenvalue weighted by Crippen LogP contribution is -2.30. The predicted octanol–water partition coefficient (Wildman–Crippen LogP) is 4.94. The molecule has 2 aromatic carbocycles. The van der Waals surface area contributed by atoms with Crippen molar-refractivity contribution in [2.45, 2.75) is 37.5 Å². The molecule has 0 radical (unpaired) electrons. The minimum Gasteiger partial charge on any atom is -0.0622 e. The van der Waals surface area contributed by atoms with Crippen LogP contribution in [0, 0.1) is 0 Å². The molecule has 1 saturated carbocycles. The zero-order chi connectivity index (χ0) is 12.3. The van der Waals surface area contributed by atoms with Crippen molar-refractivity contribution in [3.63, 3.8) is 0 Å². The second-order valence-electron chi connectivity index (χ2n) is 5.37. The summed E-state index contributed by atoms with van der Waals surface area (Å²) in [5, 5.41) is 0. The van der Waals surface area contributed by atoms with Crippen LogP contribution in [0.4, 0.5) is 0 Å². The quantitative estimate of drug-likeness (QED) is 0.693. The van der Waals surface area contributed by atoms with Crippen molar-refractivity contribution in [1.29, 1.82) is 0 Å². The Morgan fingerprint density at radius 1 is 0.556 bits per heavy atom. The van der Waals surface area contributed by atoms with Crippen LogP contribution in [-0.2, 0) is 5.41 Å². The number of benzene rings is 2. The Morgan fingerprint density at radius 3 is 1.44 bits per heavy atom. The van der Waals surface area contributed by atoms with Crippen LogP contribution in [0.3, 0.4) is 0 Å². The Balaban J connectivity index is 2.10. The van der Waals surface area contributed by atoms with Crippen LogP contribution >= 0.6 is 0 Å². The smallest absolute Gasteiger partial charge is 0.0202 e. The summed E-state index contributed by atoms with van der Waals surface area (Å²) in [7, 11) is 0. The van der Waals surface area contributed by atoms with Gasteiger partial charge in [0.05, 0.1) is 0 Å². The molecule has 0 N–H and O–H groups in total. The van der Waals surface area contributed by atoms with E-state index in [0.717, 1.165) is 0 Å². The molecule has 92 valence electrons. The molecular formula is C18H20. The molecule has 0 aromatic heterocycles. The van der Waals surface area contributed by atoms with Crippen LogP contribution < -0.4 is 0 Å². The maximum atomic E-state index is 2.30. The van der Waals surface area contributed by atoms with Crippen LogP contribution in [0.5, 0.6) is 0 Å². The molecule has 0 bridgehead atoms. The molecule has 1 fully saturated rings. The summed E-state index contributed by atoms with van der Waals surface area (Å²) < 4.78 is 0. The van der Waals surface area contributed by atoms with Gasteiger partial charge in [-0.1, -0.05) is 79.9 Å². The topological polar surface area (TPSA) is 0 Å². The first kappa shape index (κ1) is 11.5. The zero-order valence-electron chi connectivity index (χ0n) is 10.8. The third kappa shape index (κ3) is 1.96. The summed E-state index contributed by atoms with van der Waals surface area (Å²) in [4.78, 5) is 0. The minimum absolute atomic E-state index is 0.265. The fourth-order valence-electron chi connectivity index (χ4n) is 3.41. The monoisotopic (exact) mass is 236 g/mol. The van der Waals surface area contributed by atoms with Gasteiger partial charge in [0.15, 0.2) is 0 Å². The van der Waals surface area contributed by atoms with Gasteiger partial charge in [-0.3, -0.25) is 0 Å². The first-order valence-electron chi connectivity index (χ1n) is 7.03. The average Bonchev–Trinajstić information content (AvgIpc) is 2.50. The molecule has 0 spiro atoms. The molecule has 0 nitrogen and oxygen atoms in total. The van der Waals surface area contributed by atoms with Crippen molar-refractivity contribution >= 4 is 0 Å². The minimum atomic E-state index is 0.265. The molecule has 0 heteroatoms. The second kappa shape index (κ2) is 4.97. The van der Waals surface area contributed by atoms with E-state index in [9.17, 15) is 0 Å². The number of hydrogen-bond donors (Lipinski definition) is 0. The van der Waals surface area contributed by atoms with E-state index in [1.54, 1.807) is 0 Å². The zero-order valence-corrected chi connectivity index (χ0v) is 10.8. The van der Waals surface area contributed by atoms with Crippen LogP contribution in [0.2, 0.25) is 0 Å². The Kier molecular flexibility index (Phi) is 3.19. The van der Waals surface area contributed by atoms with E-state index in [4.69, 9.17) is 0 Å². The summed E-state index contributed by atoms with van der Waals surface area (Å²) in [5.41, 5.74) is 3.26. The third-order valence-electron chi connectivity index (χ3n) is 4.36. The Hall–Kier alpha value is -1.56. The highest BCUT2D eigenvalue weighted by atomic mass is 14.4. The number of rotatable bonds is 2. The van der Waals surface area contributed by atoms with Gasteiger partial charge in [-0.05, 0) is 24.0 Å². The maximum Gasteiger partial charge on any atom is 0.0202 e. The predicted molar refractivity (Wildman–Crippen MR) is 76.7 cm³/mol. The number of hydrogen-bond acceptors (Lipinski definition) is 0. The molecule has 0 aliphatic heterocycles. The van der Waals surface area contributed by atoms with E-state index in [-0.39, 0.29) is 5.41 Å². The van der Waals surface area contributed by atoms with E-state index in [2.05, 4.69) is 60.7 Å².